The molecule has 2 saturated heterocycles. The van der Waals surface area contributed by atoms with Gasteiger partial charge < -0.3 is 15.1 Å². The standard InChI is InChI=1S/C17H25N3/c1-19-8-5-17(12-15(17)13-19)14-3-2-4-16(11-14)20-9-6-18-7-10-20/h2-4,11,15,18H,5-10,12-13H2,1H3. The zero-order chi connectivity index (χ0) is 13.6. The van der Waals surface area contributed by atoms with Gasteiger partial charge in [0, 0.05) is 43.8 Å². The Morgan fingerprint density at radius 2 is 2.05 bits per heavy atom. The van der Waals surface area contributed by atoms with E-state index in [-0.39, 0.29) is 0 Å². The van der Waals surface area contributed by atoms with Gasteiger partial charge in [-0.2, -0.15) is 0 Å². The third-order valence-electron chi connectivity index (χ3n) is 5.61. The summed E-state index contributed by atoms with van der Waals surface area (Å²) in [6, 6.07) is 9.42. The fraction of sp³-hybridized carbons (Fsp3) is 0.647. The lowest BCUT2D eigenvalue weighted by molar-refractivity contribution is 0.248. The predicted octanol–water partition coefficient (Wildman–Crippen LogP) is 1.69. The van der Waals surface area contributed by atoms with E-state index in [9.17, 15) is 0 Å². The van der Waals surface area contributed by atoms with Crippen molar-refractivity contribution >= 4 is 5.69 Å². The van der Waals surface area contributed by atoms with Gasteiger partial charge in [0.05, 0.1) is 0 Å². The van der Waals surface area contributed by atoms with Crippen molar-refractivity contribution in [2.24, 2.45) is 5.92 Å². The molecule has 2 heterocycles. The summed E-state index contributed by atoms with van der Waals surface area (Å²) >= 11 is 0. The fourth-order valence-corrected chi connectivity index (χ4v) is 4.22. The molecule has 2 aliphatic heterocycles. The van der Waals surface area contributed by atoms with Crippen LogP contribution in [0.3, 0.4) is 0 Å². The number of hydrogen-bond acceptors (Lipinski definition) is 3. The number of rotatable bonds is 2. The Morgan fingerprint density at radius 1 is 1.20 bits per heavy atom. The van der Waals surface area contributed by atoms with E-state index in [1.54, 1.807) is 5.56 Å². The average molecular weight is 271 g/mol. The molecule has 3 fully saturated rings. The van der Waals surface area contributed by atoms with Crippen molar-refractivity contribution in [1.82, 2.24) is 10.2 Å². The lowest BCUT2D eigenvalue weighted by Crippen LogP contribution is -2.43. The van der Waals surface area contributed by atoms with E-state index in [0.29, 0.717) is 5.41 Å². The maximum atomic E-state index is 3.44. The number of piperidine rings is 1. The van der Waals surface area contributed by atoms with Gasteiger partial charge >= 0.3 is 0 Å². The van der Waals surface area contributed by atoms with Crippen LogP contribution in [-0.4, -0.2) is 51.2 Å². The van der Waals surface area contributed by atoms with Gasteiger partial charge in [-0.25, -0.2) is 0 Å². The van der Waals surface area contributed by atoms with Crippen molar-refractivity contribution in [2.45, 2.75) is 18.3 Å². The first-order chi connectivity index (χ1) is 9.78. The fourth-order valence-electron chi connectivity index (χ4n) is 4.22. The summed E-state index contributed by atoms with van der Waals surface area (Å²) in [4.78, 5) is 5.03. The molecule has 0 amide bonds. The first kappa shape index (κ1) is 12.7. The SMILES string of the molecule is CN1CCC2(c3cccc(N4CCNCC4)c3)CC2C1. The summed E-state index contributed by atoms with van der Waals surface area (Å²) in [6.45, 7) is 7.06. The van der Waals surface area contributed by atoms with Crippen molar-refractivity contribution in [3.8, 4) is 0 Å². The molecule has 1 aromatic carbocycles. The molecule has 2 unspecified atom stereocenters. The van der Waals surface area contributed by atoms with E-state index in [0.717, 1.165) is 32.1 Å². The van der Waals surface area contributed by atoms with E-state index in [4.69, 9.17) is 0 Å². The number of hydrogen-bond donors (Lipinski definition) is 1. The summed E-state index contributed by atoms with van der Waals surface area (Å²) in [7, 11) is 2.26. The van der Waals surface area contributed by atoms with Crippen LogP contribution in [0.25, 0.3) is 0 Å². The molecule has 0 spiro atoms. The average Bonchev–Trinajstić information content (AvgIpc) is 3.23. The normalized spacial score (nSPS) is 33.9. The lowest BCUT2D eigenvalue weighted by Gasteiger charge is -2.32. The highest BCUT2D eigenvalue weighted by Gasteiger charge is 2.56. The molecule has 3 aliphatic rings. The van der Waals surface area contributed by atoms with Gasteiger partial charge in [0.1, 0.15) is 0 Å². The minimum Gasteiger partial charge on any atom is -0.369 e. The van der Waals surface area contributed by atoms with Crippen molar-refractivity contribution in [1.29, 1.82) is 0 Å². The number of benzene rings is 1. The molecule has 3 nitrogen and oxygen atoms in total. The second-order valence-electron chi connectivity index (χ2n) is 6.86. The maximum absolute atomic E-state index is 3.44. The van der Waals surface area contributed by atoms with E-state index >= 15 is 0 Å². The van der Waals surface area contributed by atoms with Crippen LogP contribution in [0.2, 0.25) is 0 Å². The zero-order valence-electron chi connectivity index (χ0n) is 12.4. The van der Waals surface area contributed by atoms with Gasteiger partial charge in [0.2, 0.25) is 0 Å². The number of fused-ring (bicyclic) bond motifs is 1. The van der Waals surface area contributed by atoms with E-state index in [2.05, 4.69) is 46.4 Å². The molecular formula is C17H25N3. The number of anilines is 1. The molecule has 0 radical (unpaired) electrons. The Labute approximate surface area is 121 Å². The van der Waals surface area contributed by atoms with Crippen LogP contribution in [0.4, 0.5) is 5.69 Å². The van der Waals surface area contributed by atoms with Crippen molar-refractivity contribution in [3.63, 3.8) is 0 Å². The Balaban J connectivity index is 1.57. The minimum atomic E-state index is 0.524. The third-order valence-corrected chi connectivity index (χ3v) is 5.61. The van der Waals surface area contributed by atoms with Crippen LogP contribution in [0.1, 0.15) is 18.4 Å². The molecule has 1 N–H and O–H groups in total. The first-order valence-electron chi connectivity index (χ1n) is 8.03. The monoisotopic (exact) mass is 271 g/mol. The summed E-state index contributed by atoms with van der Waals surface area (Å²) in [5.41, 5.74) is 3.56. The maximum Gasteiger partial charge on any atom is 0.0370 e. The highest BCUT2D eigenvalue weighted by atomic mass is 15.2. The lowest BCUT2D eigenvalue weighted by atomic mass is 9.87. The molecule has 4 rings (SSSR count). The quantitative estimate of drug-likeness (QED) is 0.883. The Hall–Kier alpha value is -1.06. The van der Waals surface area contributed by atoms with E-state index in [1.807, 2.05) is 0 Å². The smallest absolute Gasteiger partial charge is 0.0370 e. The van der Waals surface area contributed by atoms with Crippen LogP contribution in [0, 0.1) is 5.92 Å². The number of nitrogens with zero attached hydrogens (tertiary/aromatic N) is 2. The summed E-state index contributed by atoms with van der Waals surface area (Å²) in [5, 5.41) is 3.44. The Bertz CT molecular complexity index is 495. The third kappa shape index (κ3) is 2.04. The molecule has 1 saturated carbocycles. The van der Waals surface area contributed by atoms with E-state index in [1.165, 1.54) is 31.6 Å². The topological polar surface area (TPSA) is 18.5 Å². The molecule has 2 atom stereocenters. The molecule has 20 heavy (non-hydrogen) atoms. The van der Waals surface area contributed by atoms with Gasteiger partial charge in [0.15, 0.2) is 0 Å². The molecule has 0 aromatic heterocycles. The molecule has 3 heteroatoms. The van der Waals surface area contributed by atoms with Crippen molar-refractivity contribution in [2.75, 3.05) is 51.2 Å². The van der Waals surface area contributed by atoms with Crippen molar-refractivity contribution in [3.05, 3.63) is 29.8 Å². The Kier molecular flexibility index (Phi) is 3.00. The first-order valence-corrected chi connectivity index (χ1v) is 8.03. The van der Waals surface area contributed by atoms with Crippen LogP contribution in [0.15, 0.2) is 24.3 Å². The predicted molar refractivity (Wildman–Crippen MR) is 83.4 cm³/mol. The molecule has 1 aliphatic carbocycles. The largest absolute Gasteiger partial charge is 0.369 e. The van der Waals surface area contributed by atoms with Gasteiger partial charge in [-0.15, -0.1) is 0 Å². The Morgan fingerprint density at radius 3 is 2.85 bits per heavy atom. The van der Waals surface area contributed by atoms with Crippen LogP contribution >= 0.6 is 0 Å². The highest BCUT2D eigenvalue weighted by Crippen LogP contribution is 2.59. The van der Waals surface area contributed by atoms with Gasteiger partial charge in [0.25, 0.3) is 0 Å². The van der Waals surface area contributed by atoms with Gasteiger partial charge in [-0.05, 0) is 50.0 Å². The number of nitrogens with one attached hydrogen (secondary N) is 1. The van der Waals surface area contributed by atoms with Crippen LogP contribution in [-0.2, 0) is 5.41 Å². The minimum absolute atomic E-state index is 0.524. The van der Waals surface area contributed by atoms with Gasteiger partial charge in [-0.1, -0.05) is 12.1 Å². The summed E-state index contributed by atoms with van der Waals surface area (Å²) < 4.78 is 0. The zero-order valence-corrected chi connectivity index (χ0v) is 12.4. The number of piperazine rings is 1. The number of likely N-dealkylation sites (tertiary alicyclic amines) is 1. The molecule has 108 valence electrons. The van der Waals surface area contributed by atoms with Gasteiger partial charge in [-0.3, -0.25) is 0 Å². The van der Waals surface area contributed by atoms with Crippen LogP contribution in [0.5, 0.6) is 0 Å². The molecular weight excluding hydrogens is 246 g/mol. The van der Waals surface area contributed by atoms with Crippen molar-refractivity contribution < 1.29 is 0 Å². The van der Waals surface area contributed by atoms with E-state index < -0.39 is 0 Å². The summed E-state index contributed by atoms with van der Waals surface area (Å²) in [6.07, 6.45) is 2.75. The van der Waals surface area contributed by atoms with Crippen LogP contribution < -0.4 is 10.2 Å². The highest BCUT2D eigenvalue weighted by molar-refractivity contribution is 5.52. The molecule has 1 aromatic rings. The second-order valence-corrected chi connectivity index (χ2v) is 6.86. The second kappa shape index (κ2) is 4.74. The molecule has 0 bridgehead atoms. The summed E-state index contributed by atoms with van der Waals surface area (Å²) in [5.74, 6) is 0.902.